The first-order chi connectivity index (χ1) is 5.41. The molecule has 0 fully saturated rings. The number of nitrogens with zero attached hydrogens (tertiary/aromatic N) is 3. The molecule has 0 aliphatic heterocycles. The SMILES string of the molecule is Cn1cc(C(N)C(C)(C)C)nn1. The average Bonchev–Trinajstić information content (AvgIpc) is 2.32. The molecule has 68 valence electrons. The van der Waals surface area contributed by atoms with Gasteiger partial charge in [-0.05, 0) is 5.41 Å². The van der Waals surface area contributed by atoms with Crippen LogP contribution in [0.2, 0.25) is 0 Å². The van der Waals surface area contributed by atoms with E-state index in [0.717, 1.165) is 5.69 Å². The maximum atomic E-state index is 5.97. The van der Waals surface area contributed by atoms with Crippen molar-refractivity contribution in [3.63, 3.8) is 0 Å². The van der Waals surface area contributed by atoms with Crippen molar-refractivity contribution in [2.24, 2.45) is 18.2 Å². The van der Waals surface area contributed by atoms with Crippen molar-refractivity contribution < 1.29 is 0 Å². The van der Waals surface area contributed by atoms with Gasteiger partial charge < -0.3 is 5.73 Å². The Morgan fingerprint density at radius 2 is 2.08 bits per heavy atom. The standard InChI is InChI=1S/C8H16N4/c1-8(2,3)7(9)6-5-12(4)11-10-6/h5,7H,9H2,1-4H3. The molecule has 0 amide bonds. The zero-order chi connectivity index (χ0) is 9.35. The van der Waals surface area contributed by atoms with Crippen LogP contribution in [0.15, 0.2) is 6.20 Å². The normalized spacial score (nSPS) is 14.8. The van der Waals surface area contributed by atoms with Crippen molar-refractivity contribution in [1.29, 1.82) is 0 Å². The van der Waals surface area contributed by atoms with Crippen molar-refractivity contribution in [1.82, 2.24) is 15.0 Å². The lowest BCUT2D eigenvalue weighted by Crippen LogP contribution is -2.26. The first kappa shape index (κ1) is 9.19. The minimum Gasteiger partial charge on any atom is -0.322 e. The van der Waals surface area contributed by atoms with E-state index in [1.54, 1.807) is 4.68 Å². The molecule has 1 unspecified atom stereocenters. The lowest BCUT2D eigenvalue weighted by atomic mass is 9.86. The summed E-state index contributed by atoms with van der Waals surface area (Å²) in [7, 11) is 1.84. The molecular formula is C8H16N4. The van der Waals surface area contributed by atoms with Gasteiger partial charge in [0.05, 0.1) is 11.7 Å². The second-order valence-electron chi connectivity index (χ2n) is 4.16. The summed E-state index contributed by atoms with van der Waals surface area (Å²) < 4.78 is 1.67. The summed E-state index contributed by atoms with van der Waals surface area (Å²) in [6, 6.07) is -0.0498. The topological polar surface area (TPSA) is 56.7 Å². The van der Waals surface area contributed by atoms with Crippen LogP contribution in [0.4, 0.5) is 0 Å². The number of hydrogen-bond acceptors (Lipinski definition) is 3. The molecule has 1 aromatic heterocycles. The Kier molecular flexibility index (Phi) is 2.19. The molecule has 0 spiro atoms. The van der Waals surface area contributed by atoms with E-state index in [1.165, 1.54) is 0 Å². The van der Waals surface area contributed by atoms with Gasteiger partial charge in [0.2, 0.25) is 0 Å². The molecule has 4 nitrogen and oxygen atoms in total. The van der Waals surface area contributed by atoms with Gasteiger partial charge in [-0.25, -0.2) is 0 Å². The van der Waals surface area contributed by atoms with Crippen LogP contribution in [-0.4, -0.2) is 15.0 Å². The quantitative estimate of drug-likeness (QED) is 0.676. The van der Waals surface area contributed by atoms with Crippen LogP contribution in [0.3, 0.4) is 0 Å². The Balaban J connectivity index is 2.85. The molecular weight excluding hydrogens is 152 g/mol. The monoisotopic (exact) mass is 168 g/mol. The fourth-order valence-corrected chi connectivity index (χ4v) is 0.951. The molecule has 1 aromatic rings. The van der Waals surface area contributed by atoms with E-state index >= 15 is 0 Å². The number of rotatable bonds is 1. The van der Waals surface area contributed by atoms with Crippen LogP contribution < -0.4 is 5.73 Å². The van der Waals surface area contributed by atoms with Crippen LogP contribution in [0, 0.1) is 5.41 Å². The molecule has 0 aliphatic carbocycles. The van der Waals surface area contributed by atoms with E-state index < -0.39 is 0 Å². The Hall–Kier alpha value is -0.900. The van der Waals surface area contributed by atoms with E-state index in [2.05, 4.69) is 31.1 Å². The summed E-state index contributed by atoms with van der Waals surface area (Å²) in [4.78, 5) is 0. The molecule has 12 heavy (non-hydrogen) atoms. The van der Waals surface area contributed by atoms with Gasteiger partial charge in [-0.1, -0.05) is 26.0 Å². The molecule has 1 rings (SSSR count). The minimum atomic E-state index is -0.0498. The predicted molar refractivity (Wildman–Crippen MR) is 47.4 cm³/mol. The highest BCUT2D eigenvalue weighted by atomic mass is 15.4. The van der Waals surface area contributed by atoms with Gasteiger partial charge in [0.25, 0.3) is 0 Å². The van der Waals surface area contributed by atoms with Crippen LogP contribution in [0.25, 0.3) is 0 Å². The van der Waals surface area contributed by atoms with E-state index in [4.69, 9.17) is 5.73 Å². The Morgan fingerprint density at radius 1 is 1.50 bits per heavy atom. The van der Waals surface area contributed by atoms with Crippen molar-refractivity contribution in [3.8, 4) is 0 Å². The summed E-state index contributed by atoms with van der Waals surface area (Å²) >= 11 is 0. The van der Waals surface area contributed by atoms with E-state index in [-0.39, 0.29) is 11.5 Å². The second kappa shape index (κ2) is 2.86. The second-order valence-corrected chi connectivity index (χ2v) is 4.16. The number of hydrogen-bond donors (Lipinski definition) is 1. The van der Waals surface area contributed by atoms with Gasteiger partial charge in [0, 0.05) is 13.2 Å². The van der Waals surface area contributed by atoms with Crippen LogP contribution >= 0.6 is 0 Å². The largest absolute Gasteiger partial charge is 0.322 e. The molecule has 0 bridgehead atoms. The lowest BCUT2D eigenvalue weighted by Gasteiger charge is -2.24. The minimum absolute atomic E-state index is 0.0377. The molecule has 2 N–H and O–H groups in total. The Labute approximate surface area is 72.8 Å². The third-order valence-corrected chi connectivity index (χ3v) is 1.87. The third-order valence-electron chi connectivity index (χ3n) is 1.87. The van der Waals surface area contributed by atoms with E-state index in [0.29, 0.717) is 0 Å². The number of aryl methyl sites for hydroxylation is 1. The highest BCUT2D eigenvalue weighted by molar-refractivity contribution is 5.03. The molecule has 0 aromatic carbocycles. The molecule has 1 atom stereocenters. The van der Waals surface area contributed by atoms with Crippen molar-refractivity contribution in [3.05, 3.63) is 11.9 Å². The molecule has 1 heterocycles. The molecule has 0 saturated heterocycles. The van der Waals surface area contributed by atoms with Crippen LogP contribution in [-0.2, 0) is 7.05 Å². The molecule has 0 radical (unpaired) electrons. The maximum absolute atomic E-state index is 5.97. The first-order valence-corrected chi connectivity index (χ1v) is 4.03. The average molecular weight is 168 g/mol. The number of nitrogens with two attached hydrogens (primary N) is 1. The van der Waals surface area contributed by atoms with E-state index in [1.807, 2.05) is 13.2 Å². The van der Waals surface area contributed by atoms with Crippen molar-refractivity contribution >= 4 is 0 Å². The summed E-state index contributed by atoms with van der Waals surface area (Å²) in [5.41, 5.74) is 6.86. The lowest BCUT2D eigenvalue weighted by molar-refractivity contribution is 0.321. The molecule has 0 saturated carbocycles. The van der Waals surface area contributed by atoms with Gasteiger partial charge in [0.1, 0.15) is 0 Å². The van der Waals surface area contributed by atoms with Gasteiger partial charge in [-0.3, -0.25) is 4.68 Å². The fraction of sp³-hybridized carbons (Fsp3) is 0.750. The van der Waals surface area contributed by atoms with E-state index in [9.17, 15) is 0 Å². The Bertz CT molecular complexity index is 258. The van der Waals surface area contributed by atoms with Gasteiger partial charge >= 0.3 is 0 Å². The third kappa shape index (κ3) is 1.82. The van der Waals surface area contributed by atoms with Crippen molar-refractivity contribution in [2.45, 2.75) is 26.8 Å². The summed E-state index contributed by atoms with van der Waals surface area (Å²) in [5.74, 6) is 0. The van der Waals surface area contributed by atoms with Crippen LogP contribution in [0.5, 0.6) is 0 Å². The zero-order valence-corrected chi connectivity index (χ0v) is 8.07. The zero-order valence-electron chi connectivity index (χ0n) is 8.07. The maximum Gasteiger partial charge on any atom is 0.0999 e. The van der Waals surface area contributed by atoms with Gasteiger partial charge in [-0.2, -0.15) is 0 Å². The smallest absolute Gasteiger partial charge is 0.0999 e. The summed E-state index contributed by atoms with van der Waals surface area (Å²) in [5, 5.41) is 7.81. The van der Waals surface area contributed by atoms with Crippen LogP contribution in [0.1, 0.15) is 32.5 Å². The summed E-state index contributed by atoms with van der Waals surface area (Å²) in [6.07, 6.45) is 1.86. The number of aromatic nitrogens is 3. The summed E-state index contributed by atoms with van der Waals surface area (Å²) in [6.45, 7) is 6.27. The molecule has 0 aliphatic rings. The van der Waals surface area contributed by atoms with Gasteiger partial charge in [0.15, 0.2) is 0 Å². The van der Waals surface area contributed by atoms with Crippen molar-refractivity contribution in [2.75, 3.05) is 0 Å². The fourth-order valence-electron chi connectivity index (χ4n) is 0.951. The van der Waals surface area contributed by atoms with Gasteiger partial charge in [-0.15, -0.1) is 5.10 Å². The first-order valence-electron chi connectivity index (χ1n) is 4.03. The highest BCUT2D eigenvalue weighted by Crippen LogP contribution is 2.28. The predicted octanol–water partition coefficient (Wildman–Crippen LogP) is 0.861. The highest BCUT2D eigenvalue weighted by Gasteiger charge is 2.24. The molecule has 4 heteroatoms. The Morgan fingerprint density at radius 3 is 2.42 bits per heavy atom.